The first-order chi connectivity index (χ1) is 13.3. The molecule has 0 aliphatic carbocycles. The monoisotopic (exact) mass is 367 g/mol. The lowest BCUT2D eigenvalue weighted by Gasteiger charge is -2.36. The van der Waals surface area contributed by atoms with Gasteiger partial charge in [0.25, 0.3) is 5.91 Å². The fraction of sp³-hybridized carbons (Fsp3) is 0.381. The zero-order chi connectivity index (χ0) is 18.5. The molecule has 0 atom stereocenters. The Bertz CT molecular complexity index is 773. The number of amides is 1. The third-order valence-corrected chi connectivity index (χ3v) is 4.96. The van der Waals surface area contributed by atoms with Crippen molar-refractivity contribution >= 4 is 17.3 Å². The first-order valence-electron chi connectivity index (χ1n) is 9.50. The number of hydrogen-bond donors (Lipinski definition) is 1. The van der Waals surface area contributed by atoms with Gasteiger partial charge in [-0.15, -0.1) is 0 Å². The van der Waals surface area contributed by atoms with Gasteiger partial charge in [0.1, 0.15) is 11.5 Å². The Morgan fingerprint density at radius 3 is 2.67 bits per heavy atom. The van der Waals surface area contributed by atoms with E-state index in [1.165, 1.54) is 5.69 Å². The summed E-state index contributed by atoms with van der Waals surface area (Å²) in [5, 5.41) is 2.80. The minimum absolute atomic E-state index is 0.0741. The highest BCUT2D eigenvalue weighted by molar-refractivity contribution is 5.95. The molecule has 0 radical (unpaired) electrons. The molecule has 6 heteroatoms. The van der Waals surface area contributed by atoms with Crippen molar-refractivity contribution in [1.29, 1.82) is 0 Å². The van der Waals surface area contributed by atoms with E-state index in [9.17, 15) is 4.79 Å². The van der Waals surface area contributed by atoms with E-state index in [1.54, 1.807) is 0 Å². The summed E-state index contributed by atoms with van der Waals surface area (Å²) in [5.74, 6) is 1.32. The summed E-state index contributed by atoms with van der Waals surface area (Å²) < 4.78 is 11.2. The Labute approximate surface area is 159 Å². The van der Waals surface area contributed by atoms with E-state index in [-0.39, 0.29) is 12.5 Å². The number of hydrogen-bond acceptors (Lipinski definition) is 5. The maximum atomic E-state index is 11.4. The van der Waals surface area contributed by atoms with E-state index in [4.69, 9.17) is 9.47 Å². The summed E-state index contributed by atoms with van der Waals surface area (Å²) in [4.78, 5) is 16.3. The summed E-state index contributed by atoms with van der Waals surface area (Å²) in [5.41, 5.74) is 1.99. The van der Waals surface area contributed by atoms with Gasteiger partial charge in [-0.05, 0) is 30.7 Å². The fourth-order valence-corrected chi connectivity index (χ4v) is 3.50. The number of rotatable bonds is 6. The minimum atomic E-state index is -0.130. The predicted octanol–water partition coefficient (Wildman–Crippen LogP) is 2.61. The van der Waals surface area contributed by atoms with E-state index >= 15 is 0 Å². The molecule has 2 aromatic carbocycles. The van der Waals surface area contributed by atoms with Crippen LogP contribution >= 0.6 is 0 Å². The quantitative estimate of drug-likeness (QED) is 0.796. The molecule has 0 unspecified atom stereocenters. The number of benzene rings is 2. The van der Waals surface area contributed by atoms with Crippen LogP contribution in [0.5, 0.6) is 11.5 Å². The van der Waals surface area contributed by atoms with Crippen molar-refractivity contribution in [2.45, 2.75) is 6.42 Å². The maximum absolute atomic E-state index is 11.4. The van der Waals surface area contributed by atoms with Gasteiger partial charge in [-0.1, -0.05) is 18.2 Å². The molecule has 2 heterocycles. The highest BCUT2D eigenvalue weighted by Gasteiger charge is 2.17. The molecule has 0 aromatic heterocycles. The molecule has 0 spiro atoms. The number of carbonyl (C=O) groups is 1. The van der Waals surface area contributed by atoms with Crippen LogP contribution < -0.4 is 19.7 Å². The van der Waals surface area contributed by atoms with Gasteiger partial charge in [0.2, 0.25) is 0 Å². The Morgan fingerprint density at radius 2 is 1.85 bits per heavy atom. The van der Waals surface area contributed by atoms with Crippen molar-refractivity contribution in [3.63, 3.8) is 0 Å². The van der Waals surface area contributed by atoms with Gasteiger partial charge in [-0.2, -0.15) is 0 Å². The Kier molecular flexibility index (Phi) is 5.44. The van der Waals surface area contributed by atoms with E-state index in [1.807, 2.05) is 18.2 Å². The predicted molar refractivity (Wildman–Crippen MR) is 106 cm³/mol. The van der Waals surface area contributed by atoms with Gasteiger partial charge in [-0.25, -0.2) is 0 Å². The minimum Gasteiger partial charge on any atom is -0.493 e. The summed E-state index contributed by atoms with van der Waals surface area (Å²) in [6.45, 7) is 6.06. The zero-order valence-corrected chi connectivity index (χ0v) is 15.4. The maximum Gasteiger partial charge on any atom is 0.262 e. The van der Waals surface area contributed by atoms with Crippen molar-refractivity contribution in [2.24, 2.45) is 0 Å². The highest BCUT2D eigenvalue weighted by Crippen LogP contribution is 2.31. The lowest BCUT2D eigenvalue weighted by Crippen LogP contribution is -2.46. The second kappa shape index (κ2) is 8.31. The molecule has 1 amide bonds. The average molecular weight is 367 g/mol. The number of carbonyl (C=O) groups excluding carboxylic acids is 1. The van der Waals surface area contributed by atoms with E-state index in [2.05, 4.69) is 45.4 Å². The number of fused-ring (bicyclic) bond motifs is 1. The molecule has 0 bridgehead atoms. The molecule has 2 aromatic rings. The Hall–Kier alpha value is -2.73. The molecule has 27 heavy (non-hydrogen) atoms. The summed E-state index contributed by atoms with van der Waals surface area (Å²) >= 11 is 0. The third-order valence-electron chi connectivity index (χ3n) is 4.96. The smallest absolute Gasteiger partial charge is 0.262 e. The Balaban J connectivity index is 1.18. The molecule has 4 rings (SSSR count). The number of piperazine rings is 1. The van der Waals surface area contributed by atoms with E-state index in [0.717, 1.165) is 44.9 Å². The molecule has 1 N–H and O–H groups in total. The van der Waals surface area contributed by atoms with Crippen molar-refractivity contribution in [1.82, 2.24) is 4.90 Å². The first-order valence-corrected chi connectivity index (χ1v) is 9.50. The number of nitrogens with one attached hydrogen (secondary N) is 1. The molecule has 2 aliphatic rings. The van der Waals surface area contributed by atoms with Crippen LogP contribution in [-0.4, -0.2) is 56.7 Å². The average Bonchev–Trinajstić information content (AvgIpc) is 2.72. The standard InChI is InChI=1S/C21H25N3O3/c25-21-16-27-20-8-7-18(15-19(20)22-21)26-14-4-9-23-10-12-24(13-11-23)17-5-2-1-3-6-17/h1-3,5-8,15H,4,9-14,16H2,(H,22,25). The van der Waals surface area contributed by atoms with Crippen LogP contribution in [-0.2, 0) is 4.79 Å². The van der Waals surface area contributed by atoms with Crippen LogP contribution in [0.3, 0.4) is 0 Å². The number of ether oxygens (including phenoxy) is 2. The number of nitrogens with zero attached hydrogens (tertiary/aromatic N) is 2. The normalized spacial score (nSPS) is 17.0. The second-order valence-corrected chi connectivity index (χ2v) is 6.86. The van der Waals surface area contributed by atoms with Crippen LogP contribution in [0, 0.1) is 0 Å². The lowest BCUT2D eigenvalue weighted by molar-refractivity contribution is -0.118. The van der Waals surface area contributed by atoms with Crippen LogP contribution in [0.2, 0.25) is 0 Å². The topological polar surface area (TPSA) is 54.0 Å². The van der Waals surface area contributed by atoms with Crippen LogP contribution in [0.15, 0.2) is 48.5 Å². The molecule has 1 saturated heterocycles. The molecule has 0 saturated carbocycles. The Morgan fingerprint density at radius 1 is 1.04 bits per heavy atom. The van der Waals surface area contributed by atoms with Gasteiger partial charge >= 0.3 is 0 Å². The van der Waals surface area contributed by atoms with E-state index < -0.39 is 0 Å². The largest absolute Gasteiger partial charge is 0.493 e. The first kappa shape index (κ1) is 17.7. The molecule has 6 nitrogen and oxygen atoms in total. The zero-order valence-electron chi connectivity index (χ0n) is 15.4. The molecular weight excluding hydrogens is 342 g/mol. The van der Waals surface area contributed by atoms with Crippen molar-refractivity contribution in [2.75, 3.05) is 56.2 Å². The summed E-state index contributed by atoms with van der Waals surface area (Å²) in [7, 11) is 0. The molecular formula is C21H25N3O3. The molecule has 1 fully saturated rings. The second-order valence-electron chi connectivity index (χ2n) is 6.86. The fourth-order valence-electron chi connectivity index (χ4n) is 3.50. The van der Waals surface area contributed by atoms with Gasteiger partial charge < -0.3 is 19.7 Å². The van der Waals surface area contributed by atoms with Crippen molar-refractivity contribution in [3.8, 4) is 11.5 Å². The van der Waals surface area contributed by atoms with Crippen LogP contribution in [0.25, 0.3) is 0 Å². The SMILES string of the molecule is O=C1COc2ccc(OCCCN3CCN(c4ccccc4)CC3)cc2N1. The summed E-state index contributed by atoms with van der Waals surface area (Å²) in [6, 6.07) is 16.1. The van der Waals surface area contributed by atoms with Gasteiger partial charge in [-0.3, -0.25) is 9.69 Å². The van der Waals surface area contributed by atoms with Crippen molar-refractivity contribution < 1.29 is 14.3 Å². The van der Waals surface area contributed by atoms with Gasteiger partial charge in [0.05, 0.1) is 12.3 Å². The number of anilines is 2. The number of para-hydroxylation sites is 1. The van der Waals surface area contributed by atoms with Gasteiger partial charge in [0.15, 0.2) is 6.61 Å². The lowest BCUT2D eigenvalue weighted by atomic mass is 10.2. The summed E-state index contributed by atoms with van der Waals surface area (Å²) in [6.07, 6.45) is 0.977. The van der Waals surface area contributed by atoms with Crippen LogP contribution in [0.1, 0.15) is 6.42 Å². The van der Waals surface area contributed by atoms with Crippen LogP contribution in [0.4, 0.5) is 11.4 Å². The van der Waals surface area contributed by atoms with Crippen molar-refractivity contribution in [3.05, 3.63) is 48.5 Å². The van der Waals surface area contributed by atoms with Gasteiger partial charge in [0, 0.05) is 44.5 Å². The highest BCUT2D eigenvalue weighted by atomic mass is 16.5. The molecule has 2 aliphatic heterocycles. The third kappa shape index (κ3) is 4.52. The van der Waals surface area contributed by atoms with E-state index in [0.29, 0.717) is 18.0 Å². The molecule has 142 valence electrons.